The van der Waals surface area contributed by atoms with Crippen LogP contribution < -0.4 is 0 Å². The molecule has 0 saturated heterocycles. The molecule has 2 rings (SSSR count). The maximum atomic E-state index is 12.4. The highest BCUT2D eigenvalue weighted by Gasteiger charge is 2.17. The van der Waals surface area contributed by atoms with Crippen molar-refractivity contribution in [2.24, 2.45) is 7.05 Å². The molecule has 4 heteroatoms. The molecule has 0 spiro atoms. The van der Waals surface area contributed by atoms with Crippen LogP contribution in [0.15, 0.2) is 48.7 Å². The van der Waals surface area contributed by atoms with Crippen molar-refractivity contribution in [3.05, 3.63) is 59.9 Å². The third kappa shape index (κ3) is 3.23. The van der Waals surface area contributed by atoms with E-state index in [-0.39, 0.29) is 12.5 Å². The normalized spacial score (nSPS) is 10.4. The summed E-state index contributed by atoms with van der Waals surface area (Å²) in [5.41, 5.74) is 1.68. The monoisotopic (exact) mass is 258 g/mol. The second kappa shape index (κ2) is 6.20. The molecule has 0 fully saturated rings. The quantitative estimate of drug-likeness (QED) is 0.886. The van der Waals surface area contributed by atoms with Gasteiger partial charge in [-0.1, -0.05) is 30.3 Å². The first-order valence-corrected chi connectivity index (χ1v) is 6.28. The lowest BCUT2D eigenvalue weighted by Crippen LogP contribution is -2.34. The molecular formula is C15H18N2O2. The van der Waals surface area contributed by atoms with Gasteiger partial charge in [-0.25, -0.2) is 0 Å². The van der Waals surface area contributed by atoms with Crippen molar-refractivity contribution in [2.75, 3.05) is 13.2 Å². The summed E-state index contributed by atoms with van der Waals surface area (Å²) in [6.45, 7) is 0.799. The van der Waals surface area contributed by atoms with Crippen LogP contribution in [-0.2, 0) is 13.6 Å². The summed E-state index contributed by atoms with van der Waals surface area (Å²) < 4.78 is 1.79. The first-order chi connectivity index (χ1) is 9.22. The van der Waals surface area contributed by atoms with Crippen molar-refractivity contribution in [3.8, 4) is 0 Å². The minimum atomic E-state index is -0.0644. The van der Waals surface area contributed by atoms with Crippen LogP contribution in [0.5, 0.6) is 0 Å². The van der Waals surface area contributed by atoms with Gasteiger partial charge in [0.05, 0.1) is 6.61 Å². The van der Waals surface area contributed by atoms with E-state index in [0.717, 1.165) is 5.56 Å². The molecule has 2 aromatic rings. The van der Waals surface area contributed by atoms with Gasteiger partial charge in [-0.15, -0.1) is 0 Å². The molecule has 1 heterocycles. The Hall–Kier alpha value is -2.07. The molecule has 1 amide bonds. The lowest BCUT2D eigenvalue weighted by Gasteiger charge is -2.22. The SMILES string of the molecule is Cn1cccc1C(=O)N(CCO)Cc1ccccc1. The highest BCUT2D eigenvalue weighted by Crippen LogP contribution is 2.10. The molecule has 19 heavy (non-hydrogen) atoms. The summed E-state index contributed by atoms with van der Waals surface area (Å²) in [6, 6.07) is 13.4. The van der Waals surface area contributed by atoms with E-state index in [1.807, 2.05) is 49.6 Å². The summed E-state index contributed by atoms with van der Waals surface area (Å²) in [4.78, 5) is 14.1. The largest absolute Gasteiger partial charge is 0.395 e. The number of hydrogen-bond donors (Lipinski definition) is 1. The standard InChI is InChI=1S/C15H18N2O2/c1-16-9-5-8-14(16)15(19)17(10-11-18)12-13-6-3-2-4-7-13/h2-9,18H,10-12H2,1H3. The van der Waals surface area contributed by atoms with Gasteiger partial charge in [0, 0.05) is 26.3 Å². The topological polar surface area (TPSA) is 45.5 Å². The summed E-state index contributed by atoms with van der Waals surface area (Å²) in [7, 11) is 1.84. The number of amides is 1. The fourth-order valence-electron chi connectivity index (χ4n) is 2.02. The van der Waals surface area contributed by atoms with Gasteiger partial charge in [0.2, 0.25) is 0 Å². The molecule has 100 valence electrons. The number of benzene rings is 1. The Morgan fingerprint density at radius 3 is 2.53 bits per heavy atom. The van der Waals surface area contributed by atoms with Gasteiger partial charge in [-0.2, -0.15) is 0 Å². The third-order valence-corrected chi connectivity index (χ3v) is 3.04. The molecule has 0 aliphatic rings. The number of aliphatic hydroxyl groups excluding tert-OH is 1. The van der Waals surface area contributed by atoms with E-state index >= 15 is 0 Å². The second-order valence-electron chi connectivity index (χ2n) is 4.44. The lowest BCUT2D eigenvalue weighted by atomic mass is 10.2. The fourth-order valence-corrected chi connectivity index (χ4v) is 2.02. The predicted molar refractivity (Wildman–Crippen MR) is 73.7 cm³/mol. The molecule has 0 atom stereocenters. The lowest BCUT2D eigenvalue weighted by molar-refractivity contribution is 0.0698. The fraction of sp³-hybridized carbons (Fsp3) is 0.267. The van der Waals surface area contributed by atoms with Crippen molar-refractivity contribution >= 4 is 5.91 Å². The summed E-state index contributed by atoms with van der Waals surface area (Å²) in [6.07, 6.45) is 1.84. The van der Waals surface area contributed by atoms with E-state index in [2.05, 4.69) is 0 Å². The molecule has 0 radical (unpaired) electrons. The number of nitrogens with zero attached hydrogens (tertiary/aromatic N) is 2. The number of carbonyl (C=O) groups excluding carboxylic acids is 1. The Morgan fingerprint density at radius 2 is 1.95 bits per heavy atom. The summed E-state index contributed by atoms with van der Waals surface area (Å²) in [5.74, 6) is -0.0644. The zero-order chi connectivity index (χ0) is 13.7. The van der Waals surface area contributed by atoms with E-state index in [9.17, 15) is 4.79 Å². The Labute approximate surface area is 112 Å². The van der Waals surface area contributed by atoms with Crippen molar-refractivity contribution in [2.45, 2.75) is 6.54 Å². The molecule has 1 aromatic heterocycles. The highest BCUT2D eigenvalue weighted by atomic mass is 16.3. The molecule has 0 aliphatic carbocycles. The van der Waals surface area contributed by atoms with Gasteiger partial charge < -0.3 is 14.6 Å². The van der Waals surface area contributed by atoms with E-state index in [4.69, 9.17) is 5.11 Å². The Morgan fingerprint density at radius 1 is 1.21 bits per heavy atom. The smallest absolute Gasteiger partial charge is 0.270 e. The van der Waals surface area contributed by atoms with Crippen molar-refractivity contribution < 1.29 is 9.90 Å². The second-order valence-corrected chi connectivity index (χ2v) is 4.44. The molecule has 4 nitrogen and oxygen atoms in total. The molecule has 1 aromatic carbocycles. The predicted octanol–water partition coefficient (Wildman–Crippen LogP) is 1.66. The van der Waals surface area contributed by atoms with Crippen molar-refractivity contribution in [3.63, 3.8) is 0 Å². The number of carbonyl (C=O) groups is 1. The van der Waals surface area contributed by atoms with Gasteiger partial charge in [-0.3, -0.25) is 4.79 Å². The van der Waals surface area contributed by atoms with Gasteiger partial charge in [0.25, 0.3) is 5.91 Å². The summed E-state index contributed by atoms with van der Waals surface area (Å²) in [5, 5.41) is 9.13. The minimum absolute atomic E-state index is 0.0387. The maximum absolute atomic E-state index is 12.4. The zero-order valence-corrected chi connectivity index (χ0v) is 11.0. The van der Waals surface area contributed by atoms with Crippen LogP contribution in [-0.4, -0.2) is 33.6 Å². The van der Waals surface area contributed by atoms with Crippen LogP contribution in [0.4, 0.5) is 0 Å². The first-order valence-electron chi connectivity index (χ1n) is 6.28. The van der Waals surface area contributed by atoms with E-state index < -0.39 is 0 Å². The van der Waals surface area contributed by atoms with Crippen molar-refractivity contribution in [1.82, 2.24) is 9.47 Å². The Kier molecular flexibility index (Phi) is 4.36. The molecule has 0 saturated carbocycles. The number of aromatic nitrogens is 1. The molecular weight excluding hydrogens is 240 g/mol. The van der Waals surface area contributed by atoms with Crippen LogP contribution in [0.2, 0.25) is 0 Å². The average molecular weight is 258 g/mol. The molecule has 0 aliphatic heterocycles. The van der Waals surface area contributed by atoms with Crippen LogP contribution in [0.1, 0.15) is 16.1 Å². The van der Waals surface area contributed by atoms with Gasteiger partial charge in [0.1, 0.15) is 5.69 Å². The average Bonchev–Trinajstić information content (AvgIpc) is 2.85. The van der Waals surface area contributed by atoms with E-state index in [1.54, 1.807) is 15.5 Å². The number of aryl methyl sites for hydroxylation is 1. The van der Waals surface area contributed by atoms with Gasteiger partial charge in [-0.05, 0) is 17.7 Å². The van der Waals surface area contributed by atoms with Gasteiger partial charge in [0.15, 0.2) is 0 Å². The number of rotatable bonds is 5. The number of aliphatic hydroxyl groups is 1. The van der Waals surface area contributed by atoms with Crippen LogP contribution in [0.25, 0.3) is 0 Å². The maximum Gasteiger partial charge on any atom is 0.270 e. The summed E-state index contributed by atoms with van der Waals surface area (Å²) >= 11 is 0. The Bertz CT molecular complexity index is 534. The van der Waals surface area contributed by atoms with E-state index in [1.165, 1.54) is 0 Å². The van der Waals surface area contributed by atoms with Crippen LogP contribution in [0, 0.1) is 0 Å². The van der Waals surface area contributed by atoms with Crippen LogP contribution in [0.3, 0.4) is 0 Å². The van der Waals surface area contributed by atoms with Crippen LogP contribution >= 0.6 is 0 Å². The Balaban J connectivity index is 2.16. The molecule has 1 N–H and O–H groups in total. The minimum Gasteiger partial charge on any atom is -0.395 e. The molecule has 0 bridgehead atoms. The van der Waals surface area contributed by atoms with E-state index in [0.29, 0.717) is 18.8 Å². The highest BCUT2D eigenvalue weighted by molar-refractivity contribution is 5.92. The van der Waals surface area contributed by atoms with Crippen molar-refractivity contribution in [1.29, 1.82) is 0 Å². The first kappa shape index (κ1) is 13.4. The zero-order valence-electron chi connectivity index (χ0n) is 11.0. The molecule has 0 unspecified atom stereocenters. The third-order valence-electron chi connectivity index (χ3n) is 3.04. The van der Waals surface area contributed by atoms with Gasteiger partial charge >= 0.3 is 0 Å². The number of hydrogen-bond acceptors (Lipinski definition) is 2.